The largest absolute Gasteiger partial charge is 0.493 e. The molecule has 0 saturated carbocycles. The van der Waals surface area contributed by atoms with Gasteiger partial charge in [0, 0.05) is 11.3 Å². The van der Waals surface area contributed by atoms with E-state index >= 15 is 0 Å². The van der Waals surface area contributed by atoms with Crippen LogP contribution in [0.4, 0.5) is 5.69 Å². The number of thiocarbonyl (C=S) groups is 1. The van der Waals surface area contributed by atoms with Crippen LogP contribution in [-0.2, 0) is 0 Å². The molecule has 2 N–H and O–H groups in total. The highest BCUT2D eigenvalue weighted by atomic mass is 32.1. The third-order valence-corrected chi connectivity index (χ3v) is 3.52. The first kappa shape index (κ1) is 17.9. The Bertz CT molecular complexity index is 659. The van der Waals surface area contributed by atoms with Gasteiger partial charge in [-0.25, -0.2) is 0 Å². The van der Waals surface area contributed by atoms with E-state index in [2.05, 4.69) is 22.8 Å². The van der Waals surface area contributed by atoms with Gasteiger partial charge >= 0.3 is 0 Å². The second kappa shape index (κ2) is 10.4. The molecule has 126 valence electrons. The van der Waals surface area contributed by atoms with Crippen molar-refractivity contribution in [3.05, 3.63) is 60.2 Å². The summed E-state index contributed by atoms with van der Waals surface area (Å²) in [5.74, 6) is 0.834. The molecule has 5 heteroatoms. The highest BCUT2D eigenvalue weighted by molar-refractivity contribution is 7.80. The molecule has 0 spiro atoms. The van der Waals surface area contributed by atoms with Crippen molar-refractivity contribution in [1.82, 2.24) is 5.43 Å². The van der Waals surface area contributed by atoms with Gasteiger partial charge in [-0.2, -0.15) is 5.10 Å². The van der Waals surface area contributed by atoms with Crippen molar-refractivity contribution in [1.29, 1.82) is 0 Å². The van der Waals surface area contributed by atoms with Crippen LogP contribution in [0.25, 0.3) is 0 Å². The minimum absolute atomic E-state index is 0.443. The summed E-state index contributed by atoms with van der Waals surface area (Å²) in [4.78, 5) is 0. The number of para-hydroxylation sites is 2. The molecule has 0 aliphatic carbocycles. The van der Waals surface area contributed by atoms with Gasteiger partial charge in [-0.05, 0) is 42.9 Å². The van der Waals surface area contributed by atoms with Crippen LogP contribution in [0.5, 0.6) is 5.75 Å². The van der Waals surface area contributed by atoms with E-state index in [0.717, 1.165) is 30.0 Å². The van der Waals surface area contributed by atoms with Crippen molar-refractivity contribution >= 4 is 29.2 Å². The Morgan fingerprint density at radius 3 is 2.62 bits per heavy atom. The predicted octanol–water partition coefficient (Wildman–Crippen LogP) is 4.58. The van der Waals surface area contributed by atoms with Gasteiger partial charge in [0.25, 0.3) is 0 Å². The standard InChI is InChI=1S/C19H23N3OS/c1-2-3-9-14-23-18-13-8-7-10-16(18)15-20-22-19(24)21-17-11-5-4-6-12-17/h4-8,10-13,15H,2-3,9,14H2,1H3,(H2,21,22,24)/b20-15-. The zero-order valence-electron chi connectivity index (χ0n) is 13.9. The molecule has 0 unspecified atom stereocenters. The number of nitrogens with zero attached hydrogens (tertiary/aromatic N) is 1. The van der Waals surface area contributed by atoms with Crippen molar-refractivity contribution in [2.75, 3.05) is 11.9 Å². The lowest BCUT2D eigenvalue weighted by Gasteiger charge is -2.09. The average Bonchev–Trinajstić information content (AvgIpc) is 2.61. The van der Waals surface area contributed by atoms with Crippen LogP contribution in [0.1, 0.15) is 31.7 Å². The Kier molecular flexibility index (Phi) is 7.77. The fourth-order valence-electron chi connectivity index (χ4n) is 2.09. The summed E-state index contributed by atoms with van der Waals surface area (Å²) in [5.41, 5.74) is 4.66. The Morgan fingerprint density at radius 1 is 1.08 bits per heavy atom. The summed E-state index contributed by atoms with van der Waals surface area (Å²) in [6, 6.07) is 17.6. The molecule has 0 bridgehead atoms. The maximum absolute atomic E-state index is 5.82. The molecule has 0 aromatic heterocycles. The van der Waals surface area contributed by atoms with E-state index in [-0.39, 0.29) is 0 Å². The first-order valence-electron chi connectivity index (χ1n) is 8.16. The molecule has 0 amide bonds. The monoisotopic (exact) mass is 341 g/mol. The smallest absolute Gasteiger partial charge is 0.191 e. The van der Waals surface area contributed by atoms with Gasteiger partial charge in [0.1, 0.15) is 5.75 Å². The highest BCUT2D eigenvalue weighted by Gasteiger charge is 2.00. The van der Waals surface area contributed by atoms with Crippen LogP contribution < -0.4 is 15.5 Å². The number of hydrazone groups is 1. The summed E-state index contributed by atoms with van der Waals surface area (Å²) < 4.78 is 5.82. The fourth-order valence-corrected chi connectivity index (χ4v) is 2.26. The summed E-state index contributed by atoms with van der Waals surface area (Å²) in [5, 5.41) is 7.69. The van der Waals surface area contributed by atoms with E-state index in [4.69, 9.17) is 17.0 Å². The summed E-state index contributed by atoms with van der Waals surface area (Å²) in [7, 11) is 0. The zero-order valence-corrected chi connectivity index (χ0v) is 14.7. The van der Waals surface area contributed by atoms with Gasteiger partial charge in [0.2, 0.25) is 0 Å². The average molecular weight is 341 g/mol. The van der Waals surface area contributed by atoms with Gasteiger partial charge in [-0.15, -0.1) is 0 Å². The second-order valence-corrected chi connectivity index (χ2v) is 5.69. The minimum Gasteiger partial charge on any atom is -0.493 e. The zero-order chi connectivity index (χ0) is 17.0. The molecular formula is C19H23N3OS. The fraction of sp³-hybridized carbons (Fsp3) is 0.263. The van der Waals surface area contributed by atoms with Gasteiger partial charge in [0.05, 0.1) is 12.8 Å². The van der Waals surface area contributed by atoms with Crippen LogP contribution in [0.15, 0.2) is 59.7 Å². The number of hydrogen-bond donors (Lipinski definition) is 2. The second-order valence-electron chi connectivity index (χ2n) is 5.28. The van der Waals surface area contributed by atoms with Crippen molar-refractivity contribution in [3.63, 3.8) is 0 Å². The summed E-state index contributed by atoms with van der Waals surface area (Å²) in [6.45, 7) is 2.90. The van der Waals surface area contributed by atoms with Crippen molar-refractivity contribution in [3.8, 4) is 5.75 Å². The highest BCUT2D eigenvalue weighted by Crippen LogP contribution is 2.16. The molecular weight excluding hydrogens is 318 g/mol. The van der Waals surface area contributed by atoms with E-state index in [9.17, 15) is 0 Å². The Morgan fingerprint density at radius 2 is 1.83 bits per heavy atom. The Hall–Kier alpha value is -2.40. The summed E-state index contributed by atoms with van der Waals surface area (Å²) in [6.07, 6.45) is 5.14. The van der Waals surface area contributed by atoms with Gasteiger partial charge < -0.3 is 10.1 Å². The SMILES string of the molecule is CCCCCOc1ccccc1/C=N\NC(=S)Nc1ccccc1. The maximum atomic E-state index is 5.82. The van der Waals surface area contributed by atoms with Gasteiger partial charge in [-0.1, -0.05) is 50.1 Å². The molecule has 0 fully saturated rings. The van der Waals surface area contributed by atoms with E-state index in [0.29, 0.717) is 5.11 Å². The first-order chi connectivity index (χ1) is 11.8. The van der Waals surface area contributed by atoms with Crippen LogP contribution in [0, 0.1) is 0 Å². The van der Waals surface area contributed by atoms with Crippen LogP contribution in [0.3, 0.4) is 0 Å². The number of nitrogens with one attached hydrogen (secondary N) is 2. The minimum atomic E-state index is 0.443. The van der Waals surface area contributed by atoms with E-state index < -0.39 is 0 Å². The summed E-state index contributed by atoms with van der Waals surface area (Å²) >= 11 is 5.22. The van der Waals surface area contributed by atoms with Crippen LogP contribution >= 0.6 is 12.2 Å². The van der Waals surface area contributed by atoms with Crippen LogP contribution in [0.2, 0.25) is 0 Å². The number of rotatable bonds is 8. The predicted molar refractivity (Wildman–Crippen MR) is 105 cm³/mol. The lowest BCUT2D eigenvalue weighted by atomic mass is 10.2. The number of hydrogen-bond acceptors (Lipinski definition) is 3. The molecule has 2 aromatic rings. The molecule has 2 aromatic carbocycles. The lowest BCUT2D eigenvalue weighted by Crippen LogP contribution is -2.23. The third-order valence-electron chi connectivity index (χ3n) is 3.33. The Balaban J connectivity index is 1.86. The third kappa shape index (κ3) is 6.38. The molecule has 0 aliphatic rings. The lowest BCUT2D eigenvalue weighted by molar-refractivity contribution is 0.306. The molecule has 0 saturated heterocycles. The normalized spacial score (nSPS) is 10.5. The number of anilines is 1. The molecule has 0 radical (unpaired) electrons. The number of unbranched alkanes of at least 4 members (excludes halogenated alkanes) is 2. The molecule has 0 atom stereocenters. The first-order valence-corrected chi connectivity index (χ1v) is 8.57. The van der Waals surface area contributed by atoms with Gasteiger partial charge in [0.15, 0.2) is 5.11 Å². The molecule has 24 heavy (non-hydrogen) atoms. The molecule has 0 heterocycles. The van der Waals surface area contributed by atoms with E-state index in [1.165, 1.54) is 12.8 Å². The van der Waals surface area contributed by atoms with E-state index in [1.54, 1.807) is 6.21 Å². The quantitative estimate of drug-likeness (QED) is 0.319. The molecule has 2 rings (SSSR count). The Labute approximate surface area is 148 Å². The maximum Gasteiger partial charge on any atom is 0.191 e. The van der Waals surface area contributed by atoms with Crippen LogP contribution in [-0.4, -0.2) is 17.9 Å². The van der Waals surface area contributed by atoms with Crippen molar-refractivity contribution in [2.45, 2.75) is 26.2 Å². The number of benzene rings is 2. The van der Waals surface area contributed by atoms with Crippen molar-refractivity contribution < 1.29 is 4.74 Å². The number of ether oxygens (including phenoxy) is 1. The topological polar surface area (TPSA) is 45.6 Å². The van der Waals surface area contributed by atoms with Crippen molar-refractivity contribution in [2.24, 2.45) is 5.10 Å². The molecule has 0 aliphatic heterocycles. The van der Waals surface area contributed by atoms with Gasteiger partial charge in [-0.3, -0.25) is 5.43 Å². The molecule has 4 nitrogen and oxygen atoms in total. The van der Waals surface area contributed by atoms with E-state index in [1.807, 2.05) is 54.6 Å².